The third-order valence-electron chi connectivity index (χ3n) is 1.25. The fourth-order valence-electron chi connectivity index (χ4n) is 0.884. The molecular weight excluding hydrogens is 146 g/mol. The van der Waals surface area contributed by atoms with E-state index in [1.807, 2.05) is 0 Å². The lowest BCUT2D eigenvalue weighted by Gasteiger charge is -1.67. The lowest BCUT2D eigenvalue weighted by Crippen LogP contribution is -1.82. The van der Waals surface area contributed by atoms with Crippen LogP contribution in [0.25, 0.3) is 0 Å². The number of carboxylic acid groups (broad SMARTS) is 1. The van der Waals surface area contributed by atoms with Crippen molar-refractivity contribution in [3.05, 3.63) is 0 Å². The van der Waals surface area contributed by atoms with Gasteiger partial charge in [-0.15, -0.1) is 0 Å². The number of amides is 1. The normalized spacial score (nSPS) is 13.1. The van der Waals surface area contributed by atoms with Crippen LogP contribution < -0.4 is 5.73 Å². The minimum absolute atomic E-state index is 0.250. The molecule has 66 valence electrons. The summed E-state index contributed by atoms with van der Waals surface area (Å²) >= 11 is 0. The van der Waals surface area contributed by atoms with Crippen LogP contribution in [-0.4, -0.2) is 18.0 Å². The number of carbonyl (C=O) groups is 2. The second-order valence-electron chi connectivity index (χ2n) is 2.01. The first-order chi connectivity index (χ1) is 5.33. The molecule has 0 atom stereocenters. The molecule has 0 aromatic carbocycles. The van der Waals surface area contributed by atoms with E-state index in [4.69, 9.17) is 14.7 Å². The van der Waals surface area contributed by atoms with E-state index in [1.54, 1.807) is 0 Å². The maximum atomic E-state index is 8.58. The van der Waals surface area contributed by atoms with E-state index in [1.165, 1.54) is 32.1 Å². The fourth-order valence-corrected chi connectivity index (χ4v) is 0.884. The highest BCUT2D eigenvalue weighted by Gasteiger charge is 1.95. The Kier molecular flexibility index (Phi) is 18.3. The van der Waals surface area contributed by atoms with Crippen LogP contribution in [0.4, 0.5) is 0 Å². The molecule has 0 aliphatic heterocycles. The van der Waals surface area contributed by atoms with Crippen molar-refractivity contribution in [1.29, 1.82) is 0 Å². The first kappa shape index (κ1) is 12.6. The van der Waals surface area contributed by atoms with Crippen LogP contribution in [0.15, 0.2) is 0 Å². The van der Waals surface area contributed by atoms with Gasteiger partial charge in [0, 0.05) is 0 Å². The van der Waals surface area contributed by atoms with Gasteiger partial charge in [0.25, 0.3) is 6.47 Å². The summed E-state index contributed by atoms with van der Waals surface area (Å²) in [5.41, 5.74) is 4.17. The van der Waals surface area contributed by atoms with Crippen molar-refractivity contribution in [2.45, 2.75) is 32.1 Å². The van der Waals surface area contributed by atoms with Crippen LogP contribution in [0.1, 0.15) is 32.1 Å². The molecule has 0 aromatic heterocycles. The van der Waals surface area contributed by atoms with E-state index in [2.05, 4.69) is 5.73 Å². The second kappa shape index (κ2) is 16.0. The molecule has 3 N–H and O–H groups in total. The lowest BCUT2D eigenvalue weighted by molar-refractivity contribution is -0.122. The van der Waals surface area contributed by atoms with E-state index < -0.39 is 0 Å². The van der Waals surface area contributed by atoms with E-state index in [9.17, 15) is 0 Å². The maximum absolute atomic E-state index is 8.58. The Bertz CT molecular complexity index is 68.1. The van der Waals surface area contributed by atoms with Crippen molar-refractivity contribution in [3.63, 3.8) is 0 Å². The third-order valence-corrected chi connectivity index (χ3v) is 1.25. The zero-order chi connectivity index (χ0) is 8.95. The summed E-state index contributed by atoms with van der Waals surface area (Å²) in [5, 5.41) is 6.89. The van der Waals surface area contributed by atoms with Gasteiger partial charge in [-0.05, 0) is 0 Å². The molecule has 1 aliphatic carbocycles. The summed E-state index contributed by atoms with van der Waals surface area (Å²) in [4.78, 5) is 16.9. The molecule has 0 spiro atoms. The van der Waals surface area contributed by atoms with Crippen LogP contribution >= 0.6 is 0 Å². The Labute approximate surface area is 66.4 Å². The van der Waals surface area contributed by atoms with Gasteiger partial charge in [-0.25, -0.2) is 0 Å². The maximum Gasteiger partial charge on any atom is 0.290 e. The molecule has 0 radical (unpaired) electrons. The largest absolute Gasteiger partial charge is 0.483 e. The van der Waals surface area contributed by atoms with E-state index in [0.29, 0.717) is 0 Å². The summed E-state index contributed by atoms with van der Waals surface area (Å²) in [6.07, 6.45) is 7.75. The Hall–Kier alpha value is -1.06. The summed E-state index contributed by atoms with van der Waals surface area (Å²) in [6.45, 7) is -0.250. The second-order valence-corrected chi connectivity index (χ2v) is 2.01. The monoisotopic (exact) mass is 161 g/mol. The molecule has 1 fully saturated rings. The van der Waals surface area contributed by atoms with Gasteiger partial charge in [0.05, 0.1) is 0 Å². The first-order valence-corrected chi connectivity index (χ1v) is 3.56. The molecule has 4 nitrogen and oxygen atoms in total. The number of carbonyl (C=O) groups excluding carboxylic acids is 1. The van der Waals surface area contributed by atoms with E-state index in [0.717, 1.165) is 0 Å². The molecule has 0 saturated heterocycles. The van der Waals surface area contributed by atoms with Crippen molar-refractivity contribution in [1.82, 2.24) is 0 Å². The number of hydrogen-bond donors (Lipinski definition) is 2. The number of hydrogen-bond acceptors (Lipinski definition) is 2. The number of nitrogens with two attached hydrogens (primary N) is 1. The molecule has 0 aromatic rings. The molecule has 0 unspecified atom stereocenters. The highest BCUT2D eigenvalue weighted by Crippen LogP contribution is 2.15. The fraction of sp³-hybridized carbons (Fsp3) is 0.714. The van der Waals surface area contributed by atoms with Gasteiger partial charge in [-0.3, -0.25) is 9.59 Å². The lowest BCUT2D eigenvalue weighted by atomic mass is 10.4. The zero-order valence-electron chi connectivity index (χ0n) is 6.53. The van der Waals surface area contributed by atoms with Crippen molar-refractivity contribution in [3.8, 4) is 0 Å². The van der Waals surface area contributed by atoms with Gasteiger partial charge in [0.2, 0.25) is 6.41 Å². The van der Waals surface area contributed by atoms with Gasteiger partial charge in [0.1, 0.15) is 0 Å². The molecule has 4 heteroatoms. The predicted molar refractivity (Wildman–Crippen MR) is 42.0 cm³/mol. The van der Waals surface area contributed by atoms with Crippen molar-refractivity contribution >= 4 is 12.9 Å². The molecule has 1 saturated carbocycles. The SMILES string of the molecule is C1CCCC1.NC=O.O=CO. The van der Waals surface area contributed by atoms with Crippen LogP contribution in [0.5, 0.6) is 0 Å². The molecule has 1 rings (SSSR count). The Morgan fingerprint density at radius 1 is 1.00 bits per heavy atom. The van der Waals surface area contributed by atoms with Crippen molar-refractivity contribution < 1.29 is 14.7 Å². The molecule has 0 heterocycles. The molecule has 11 heavy (non-hydrogen) atoms. The molecular formula is C7H15NO3. The summed E-state index contributed by atoms with van der Waals surface area (Å²) in [6, 6.07) is 0. The van der Waals surface area contributed by atoms with Crippen LogP contribution in [0.3, 0.4) is 0 Å². The van der Waals surface area contributed by atoms with E-state index in [-0.39, 0.29) is 12.9 Å². The minimum atomic E-state index is -0.250. The Morgan fingerprint density at radius 2 is 1.09 bits per heavy atom. The summed E-state index contributed by atoms with van der Waals surface area (Å²) in [7, 11) is 0. The molecule has 1 aliphatic rings. The Morgan fingerprint density at radius 3 is 1.18 bits per heavy atom. The Balaban J connectivity index is 0. The smallest absolute Gasteiger partial charge is 0.290 e. The third kappa shape index (κ3) is 27.7. The van der Waals surface area contributed by atoms with Crippen molar-refractivity contribution in [2.75, 3.05) is 0 Å². The zero-order valence-corrected chi connectivity index (χ0v) is 6.53. The van der Waals surface area contributed by atoms with Crippen LogP contribution in [-0.2, 0) is 9.59 Å². The number of rotatable bonds is 0. The van der Waals surface area contributed by atoms with Gasteiger partial charge >= 0.3 is 0 Å². The standard InChI is InChI=1S/C5H10.CH3NO.CH2O2/c1-2-4-5-3-1;2*2-1-3/h1-5H2;1H,(H2,2,3);1H,(H,2,3). The van der Waals surface area contributed by atoms with Gasteiger partial charge in [0.15, 0.2) is 0 Å². The summed E-state index contributed by atoms with van der Waals surface area (Å²) < 4.78 is 0. The highest BCUT2D eigenvalue weighted by molar-refractivity contribution is 5.42. The van der Waals surface area contributed by atoms with Crippen LogP contribution in [0.2, 0.25) is 0 Å². The summed E-state index contributed by atoms with van der Waals surface area (Å²) in [5.74, 6) is 0. The van der Waals surface area contributed by atoms with Crippen LogP contribution in [0, 0.1) is 0 Å². The predicted octanol–water partition coefficient (Wildman–Crippen LogP) is 0.753. The topological polar surface area (TPSA) is 80.4 Å². The first-order valence-electron chi connectivity index (χ1n) is 3.56. The number of primary amides is 1. The van der Waals surface area contributed by atoms with Gasteiger partial charge < -0.3 is 10.8 Å². The van der Waals surface area contributed by atoms with Gasteiger partial charge in [-0.2, -0.15) is 0 Å². The van der Waals surface area contributed by atoms with E-state index >= 15 is 0 Å². The molecule has 0 bridgehead atoms. The highest BCUT2D eigenvalue weighted by atomic mass is 16.3. The molecule has 1 amide bonds. The van der Waals surface area contributed by atoms with Crippen molar-refractivity contribution in [2.24, 2.45) is 5.73 Å². The van der Waals surface area contributed by atoms with Gasteiger partial charge in [-0.1, -0.05) is 32.1 Å². The quantitative estimate of drug-likeness (QED) is 0.514. The minimum Gasteiger partial charge on any atom is -0.483 e. The average molecular weight is 161 g/mol. The average Bonchev–Trinajstić information content (AvgIpc) is 2.44.